The van der Waals surface area contributed by atoms with Crippen LogP contribution >= 0.6 is 15.9 Å². The first-order valence-corrected chi connectivity index (χ1v) is 10.7. The van der Waals surface area contributed by atoms with Gasteiger partial charge in [-0.15, -0.1) is 0 Å². The van der Waals surface area contributed by atoms with Crippen molar-refractivity contribution in [2.45, 2.75) is 38.4 Å². The molecule has 2 saturated heterocycles. The lowest BCUT2D eigenvalue weighted by Crippen LogP contribution is -2.49. The Morgan fingerprint density at radius 1 is 1.18 bits per heavy atom. The van der Waals surface area contributed by atoms with Gasteiger partial charge in [0.25, 0.3) is 0 Å². The summed E-state index contributed by atoms with van der Waals surface area (Å²) in [4.78, 5) is 17.1. The molecule has 0 spiro atoms. The van der Waals surface area contributed by atoms with Gasteiger partial charge in [-0.25, -0.2) is 0 Å². The molecule has 0 unspecified atom stereocenters. The van der Waals surface area contributed by atoms with Crippen molar-refractivity contribution < 1.29 is 9.53 Å². The normalized spacial score (nSPS) is 24.8. The SMILES string of the molecule is COc1ccc(CN2CC[C@@H]3CN(C(C)=O)[C@H](c4ccccc4Br)C[C@@H]32)cc1. The van der Waals surface area contributed by atoms with E-state index < -0.39 is 0 Å². The number of ether oxygens (including phenoxy) is 1. The number of benzene rings is 2. The Morgan fingerprint density at radius 3 is 2.61 bits per heavy atom. The Labute approximate surface area is 175 Å². The van der Waals surface area contributed by atoms with Gasteiger partial charge in [0, 0.05) is 30.5 Å². The van der Waals surface area contributed by atoms with Crippen LogP contribution in [0.25, 0.3) is 0 Å². The van der Waals surface area contributed by atoms with Crippen LogP contribution in [0.4, 0.5) is 0 Å². The largest absolute Gasteiger partial charge is 0.497 e. The summed E-state index contributed by atoms with van der Waals surface area (Å²) in [6, 6.07) is 17.3. The maximum atomic E-state index is 12.4. The molecule has 4 nitrogen and oxygen atoms in total. The van der Waals surface area contributed by atoms with Gasteiger partial charge >= 0.3 is 0 Å². The van der Waals surface area contributed by atoms with Gasteiger partial charge in [0.1, 0.15) is 5.75 Å². The minimum absolute atomic E-state index is 0.130. The predicted molar refractivity (Wildman–Crippen MR) is 114 cm³/mol. The highest BCUT2D eigenvalue weighted by Gasteiger charge is 2.43. The van der Waals surface area contributed by atoms with Gasteiger partial charge in [-0.2, -0.15) is 0 Å². The summed E-state index contributed by atoms with van der Waals surface area (Å²) in [6.07, 6.45) is 2.15. The van der Waals surface area contributed by atoms with Crippen LogP contribution in [-0.4, -0.2) is 41.9 Å². The number of fused-ring (bicyclic) bond motifs is 1. The molecular formula is C23H27BrN2O2. The van der Waals surface area contributed by atoms with Crippen LogP contribution in [0.5, 0.6) is 5.75 Å². The van der Waals surface area contributed by atoms with E-state index in [9.17, 15) is 4.79 Å². The Bertz CT molecular complexity index is 839. The molecule has 0 N–H and O–H groups in total. The van der Waals surface area contributed by atoms with E-state index in [-0.39, 0.29) is 11.9 Å². The number of piperidine rings is 1. The second-order valence-corrected chi connectivity index (χ2v) is 8.73. The monoisotopic (exact) mass is 442 g/mol. The number of hydrogen-bond donors (Lipinski definition) is 0. The maximum Gasteiger partial charge on any atom is 0.219 e. The van der Waals surface area contributed by atoms with E-state index in [0.29, 0.717) is 12.0 Å². The highest BCUT2D eigenvalue weighted by atomic mass is 79.9. The van der Waals surface area contributed by atoms with Crippen LogP contribution in [0.2, 0.25) is 0 Å². The van der Waals surface area contributed by atoms with E-state index in [4.69, 9.17) is 4.74 Å². The van der Waals surface area contributed by atoms with Crippen molar-refractivity contribution in [2.24, 2.45) is 5.92 Å². The van der Waals surface area contributed by atoms with Crippen LogP contribution in [-0.2, 0) is 11.3 Å². The van der Waals surface area contributed by atoms with Crippen molar-refractivity contribution in [2.75, 3.05) is 20.2 Å². The van der Waals surface area contributed by atoms with Gasteiger partial charge in [-0.3, -0.25) is 9.69 Å². The standard InChI is InChI=1S/C23H27BrN2O2/c1-16(27)26-15-18-11-12-25(14-17-7-9-19(28-2)10-8-17)22(18)13-23(26)20-5-3-4-6-21(20)24/h3-10,18,22-23H,11-15H2,1-2H3/t18-,22+,23+/m1/s1. The van der Waals surface area contributed by atoms with Gasteiger partial charge in [0.15, 0.2) is 0 Å². The zero-order valence-corrected chi connectivity index (χ0v) is 18.1. The molecule has 1 amide bonds. The zero-order valence-electron chi connectivity index (χ0n) is 16.5. The Morgan fingerprint density at radius 2 is 1.93 bits per heavy atom. The molecule has 0 bridgehead atoms. The van der Waals surface area contributed by atoms with E-state index in [0.717, 1.165) is 42.7 Å². The topological polar surface area (TPSA) is 32.8 Å². The van der Waals surface area contributed by atoms with Crippen LogP contribution in [0.1, 0.15) is 36.9 Å². The maximum absolute atomic E-state index is 12.4. The number of amides is 1. The predicted octanol–water partition coefficient (Wildman–Crippen LogP) is 4.64. The van der Waals surface area contributed by atoms with Crippen molar-refractivity contribution in [3.63, 3.8) is 0 Å². The molecule has 3 atom stereocenters. The first-order valence-electron chi connectivity index (χ1n) is 9.95. The number of methoxy groups -OCH3 is 1. The first-order chi connectivity index (χ1) is 13.6. The molecule has 0 radical (unpaired) electrons. The molecule has 2 fully saturated rings. The first kappa shape index (κ1) is 19.5. The molecule has 2 heterocycles. The molecule has 148 valence electrons. The van der Waals surface area contributed by atoms with Crippen LogP contribution in [0.15, 0.2) is 53.0 Å². The minimum Gasteiger partial charge on any atom is -0.497 e. The summed E-state index contributed by atoms with van der Waals surface area (Å²) < 4.78 is 6.37. The third kappa shape index (κ3) is 3.83. The smallest absolute Gasteiger partial charge is 0.219 e. The van der Waals surface area contributed by atoms with E-state index in [1.165, 1.54) is 11.1 Å². The van der Waals surface area contributed by atoms with E-state index in [2.05, 4.69) is 56.1 Å². The average molecular weight is 443 g/mol. The van der Waals surface area contributed by atoms with Crippen LogP contribution in [0, 0.1) is 5.92 Å². The number of carbonyl (C=O) groups is 1. The molecule has 0 saturated carbocycles. The summed E-state index contributed by atoms with van der Waals surface area (Å²) in [5.74, 6) is 1.63. The summed E-state index contributed by atoms with van der Waals surface area (Å²) in [7, 11) is 1.70. The Balaban J connectivity index is 1.55. The lowest BCUT2D eigenvalue weighted by molar-refractivity contribution is -0.134. The number of nitrogens with zero attached hydrogens (tertiary/aromatic N) is 2. The van der Waals surface area contributed by atoms with Crippen molar-refractivity contribution in [3.05, 3.63) is 64.1 Å². The molecular weight excluding hydrogens is 416 g/mol. The van der Waals surface area contributed by atoms with E-state index in [1.54, 1.807) is 14.0 Å². The fraction of sp³-hybridized carbons (Fsp3) is 0.435. The van der Waals surface area contributed by atoms with Crippen LogP contribution in [0.3, 0.4) is 0 Å². The van der Waals surface area contributed by atoms with E-state index in [1.807, 2.05) is 18.2 Å². The molecule has 0 aliphatic carbocycles. The van der Waals surface area contributed by atoms with Gasteiger partial charge in [0.05, 0.1) is 13.2 Å². The van der Waals surface area contributed by atoms with Crippen molar-refractivity contribution in [1.29, 1.82) is 0 Å². The third-order valence-corrected chi connectivity index (χ3v) is 7.01. The molecule has 2 aromatic rings. The van der Waals surface area contributed by atoms with Crippen molar-refractivity contribution >= 4 is 21.8 Å². The second kappa shape index (κ2) is 8.26. The van der Waals surface area contributed by atoms with Crippen molar-refractivity contribution in [1.82, 2.24) is 9.80 Å². The zero-order chi connectivity index (χ0) is 19.7. The summed E-state index contributed by atoms with van der Waals surface area (Å²) in [5.41, 5.74) is 2.53. The molecule has 2 aliphatic heterocycles. The Kier molecular flexibility index (Phi) is 5.74. The second-order valence-electron chi connectivity index (χ2n) is 7.88. The molecule has 4 rings (SSSR count). The highest BCUT2D eigenvalue weighted by molar-refractivity contribution is 9.10. The van der Waals surface area contributed by atoms with Crippen LogP contribution < -0.4 is 4.74 Å². The Hall–Kier alpha value is -1.85. The lowest BCUT2D eigenvalue weighted by atomic mass is 9.85. The fourth-order valence-corrected chi connectivity index (χ4v) is 5.38. The fourth-order valence-electron chi connectivity index (χ4n) is 4.83. The van der Waals surface area contributed by atoms with Gasteiger partial charge in [0.2, 0.25) is 5.91 Å². The quantitative estimate of drug-likeness (QED) is 0.690. The van der Waals surface area contributed by atoms with Gasteiger partial charge in [-0.05, 0) is 54.6 Å². The minimum atomic E-state index is 0.130. The molecule has 28 heavy (non-hydrogen) atoms. The number of hydrogen-bond acceptors (Lipinski definition) is 3. The molecule has 2 aliphatic rings. The average Bonchev–Trinajstić information content (AvgIpc) is 3.10. The summed E-state index contributed by atoms with van der Waals surface area (Å²) in [6.45, 7) is 4.60. The number of rotatable bonds is 4. The van der Waals surface area contributed by atoms with Gasteiger partial charge in [-0.1, -0.05) is 46.3 Å². The number of carbonyl (C=O) groups excluding carboxylic acids is 1. The summed E-state index contributed by atoms with van der Waals surface area (Å²) in [5, 5.41) is 0. The highest BCUT2D eigenvalue weighted by Crippen LogP contribution is 2.42. The number of halogens is 1. The van der Waals surface area contributed by atoms with E-state index >= 15 is 0 Å². The third-order valence-electron chi connectivity index (χ3n) is 6.29. The number of likely N-dealkylation sites (tertiary alicyclic amines) is 2. The summed E-state index contributed by atoms with van der Waals surface area (Å²) >= 11 is 3.70. The lowest BCUT2D eigenvalue weighted by Gasteiger charge is -2.44. The molecule has 5 heteroatoms. The molecule has 2 aromatic carbocycles. The van der Waals surface area contributed by atoms with Gasteiger partial charge < -0.3 is 9.64 Å². The van der Waals surface area contributed by atoms with Crippen molar-refractivity contribution in [3.8, 4) is 5.75 Å². The molecule has 0 aromatic heterocycles.